The Morgan fingerprint density at radius 1 is 0.968 bits per heavy atom. The molecule has 1 aliphatic rings. The van der Waals surface area contributed by atoms with Gasteiger partial charge >= 0.3 is 0 Å². The van der Waals surface area contributed by atoms with Crippen molar-refractivity contribution in [3.8, 4) is 0 Å². The van der Waals surface area contributed by atoms with Crippen LogP contribution >= 0.6 is 23.2 Å². The number of halogens is 2. The molecule has 1 N–H and O–H groups in total. The van der Waals surface area contributed by atoms with Crippen molar-refractivity contribution < 1.29 is 13.2 Å². The smallest absolute Gasteiger partial charge is 0.261 e. The van der Waals surface area contributed by atoms with Gasteiger partial charge in [0.25, 0.3) is 15.9 Å². The minimum absolute atomic E-state index is 0.136. The minimum Gasteiger partial charge on any atom is -0.308 e. The molecule has 0 spiro atoms. The summed E-state index contributed by atoms with van der Waals surface area (Å²) in [6.45, 7) is 2.36. The van der Waals surface area contributed by atoms with Crippen LogP contribution in [0.5, 0.6) is 0 Å². The lowest BCUT2D eigenvalue weighted by atomic mass is 10.0. The Labute approximate surface area is 191 Å². The van der Waals surface area contributed by atoms with Gasteiger partial charge in [-0.05, 0) is 91.6 Å². The number of nitrogens with zero attached hydrogens (tertiary/aromatic N) is 1. The Bertz CT molecular complexity index is 1260. The minimum atomic E-state index is -3.79. The molecule has 160 valence electrons. The van der Waals surface area contributed by atoms with E-state index in [4.69, 9.17) is 23.2 Å². The Morgan fingerprint density at radius 3 is 2.39 bits per heavy atom. The SMILES string of the molecule is Cc1cc(Cl)ccc1NS(=O)(=O)c1ccc2c(c1)CCCN2C(=O)c1ccc(Cl)cc1. The molecule has 0 aromatic heterocycles. The van der Waals surface area contributed by atoms with E-state index < -0.39 is 10.0 Å². The van der Waals surface area contributed by atoms with Gasteiger partial charge in [0.1, 0.15) is 0 Å². The molecular weight excluding hydrogens is 455 g/mol. The molecule has 3 aromatic rings. The summed E-state index contributed by atoms with van der Waals surface area (Å²) in [7, 11) is -3.79. The van der Waals surface area contributed by atoms with Crippen LogP contribution in [0.1, 0.15) is 27.9 Å². The van der Waals surface area contributed by atoms with Crippen LogP contribution in [0.3, 0.4) is 0 Å². The van der Waals surface area contributed by atoms with Gasteiger partial charge < -0.3 is 4.90 Å². The lowest BCUT2D eigenvalue weighted by Crippen LogP contribution is -2.35. The number of anilines is 2. The van der Waals surface area contributed by atoms with Crippen LogP contribution in [0.25, 0.3) is 0 Å². The van der Waals surface area contributed by atoms with Crippen molar-refractivity contribution in [2.75, 3.05) is 16.2 Å². The van der Waals surface area contributed by atoms with Gasteiger partial charge in [0.2, 0.25) is 0 Å². The highest BCUT2D eigenvalue weighted by atomic mass is 35.5. The summed E-state index contributed by atoms with van der Waals surface area (Å²) in [5.74, 6) is -0.136. The van der Waals surface area contributed by atoms with Crippen molar-refractivity contribution in [2.45, 2.75) is 24.7 Å². The second kappa shape index (κ2) is 8.54. The number of sulfonamides is 1. The van der Waals surface area contributed by atoms with Gasteiger partial charge in [0.05, 0.1) is 10.6 Å². The van der Waals surface area contributed by atoms with Crippen molar-refractivity contribution >= 4 is 50.5 Å². The number of nitrogens with one attached hydrogen (secondary N) is 1. The molecule has 0 saturated carbocycles. The number of rotatable bonds is 4. The highest BCUT2D eigenvalue weighted by molar-refractivity contribution is 7.92. The van der Waals surface area contributed by atoms with Crippen LogP contribution in [0.4, 0.5) is 11.4 Å². The highest BCUT2D eigenvalue weighted by Gasteiger charge is 2.26. The lowest BCUT2D eigenvalue weighted by molar-refractivity contribution is 0.0985. The monoisotopic (exact) mass is 474 g/mol. The standard InChI is InChI=1S/C23H20Cl2N2O3S/c1-15-13-19(25)8-10-21(15)26-31(29,30)20-9-11-22-17(14-20)3-2-12-27(22)23(28)16-4-6-18(24)7-5-16/h4-11,13-14,26H,2-3,12H2,1H3. The third kappa shape index (κ3) is 4.56. The maximum Gasteiger partial charge on any atom is 0.261 e. The number of aryl methyl sites for hydroxylation is 2. The van der Waals surface area contributed by atoms with Crippen molar-refractivity contribution in [1.82, 2.24) is 0 Å². The number of amides is 1. The number of hydrogen-bond acceptors (Lipinski definition) is 3. The summed E-state index contributed by atoms with van der Waals surface area (Å²) in [5, 5.41) is 1.11. The van der Waals surface area contributed by atoms with Gasteiger partial charge in [-0.1, -0.05) is 23.2 Å². The van der Waals surface area contributed by atoms with Gasteiger partial charge in [-0.15, -0.1) is 0 Å². The van der Waals surface area contributed by atoms with Gasteiger partial charge in [-0.3, -0.25) is 9.52 Å². The third-order valence-corrected chi connectivity index (χ3v) is 7.10. The topological polar surface area (TPSA) is 66.5 Å². The normalized spacial score (nSPS) is 13.6. The molecule has 5 nitrogen and oxygen atoms in total. The number of carbonyl (C=O) groups is 1. The fourth-order valence-corrected chi connectivity index (χ4v) is 5.18. The van der Waals surface area contributed by atoms with Crippen LogP contribution in [-0.4, -0.2) is 20.9 Å². The van der Waals surface area contributed by atoms with E-state index in [1.165, 1.54) is 6.07 Å². The second-order valence-electron chi connectivity index (χ2n) is 7.42. The van der Waals surface area contributed by atoms with Crippen molar-refractivity contribution in [3.63, 3.8) is 0 Å². The molecule has 0 fully saturated rings. The first-order valence-electron chi connectivity index (χ1n) is 9.74. The molecule has 0 radical (unpaired) electrons. The average Bonchev–Trinajstić information content (AvgIpc) is 2.75. The van der Waals surface area contributed by atoms with Crippen molar-refractivity contribution in [3.05, 3.63) is 87.4 Å². The van der Waals surface area contributed by atoms with E-state index in [-0.39, 0.29) is 10.8 Å². The van der Waals surface area contributed by atoms with Gasteiger partial charge in [-0.25, -0.2) is 8.42 Å². The van der Waals surface area contributed by atoms with Crippen LogP contribution in [-0.2, 0) is 16.4 Å². The maximum absolute atomic E-state index is 13.0. The Hall–Kier alpha value is -2.54. The lowest BCUT2D eigenvalue weighted by Gasteiger charge is -2.30. The highest BCUT2D eigenvalue weighted by Crippen LogP contribution is 2.32. The maximum atomic E-state index is 13.0. The molecular formula is C23H20Cl2N2O3S. The molecule has 0 atom stereocenters. The number of benzene rings is 3. The quantitative estimate of drug-likeness (QED) is 0.527. The summed E-state index contributed by atoms with van der Waals surface area (Å²) in [6, 6.07) is 16.6. The summed E-state index contributed by atoms with van der Waals surface area (Å²) >= 11 is 11.9. The molecule has 1 heterocycles. The first-order chi connectivity index (χ1) is 14.7. The van der Waals surface area contributed by atoms with Crippen molar-refractivity contribution in [1.29, 1.82) is 0 Å². The Kier molecular flexibility index (Phi) is 5.97. The number of hydrogen-bond donors (Lipinski definition) is 1. The first kappa shape index (κ1) is 21.7. The molecule has 1 aliphatic heterocycles. The van der Waals surface area contributed by atoms with Gasteiger partial charge in [0, 0.05) is 27.8 Å². The summed E-state index contributed by atoms with van der Waals surface area (Å²) in [5.41, 5.74) is 3.29. The molecule has 4 rings (SSSR count). The zero-order valence-electron chi connectivity index (χ0n) is 16.7. The van der Waals surface area contributed by atoms with E-state index in [1.807, 2.05) is 0 Å². The molecule has 1 amide bonds. The molecule has 8 heteroatoms. The van der Waals surface area contributed by atoms with E-state index in [1.54, 1.807) is 66.4 Å². The number of carbonyl (C=O) groups excluding carboxylic acids is 1. The van der Waals surface area contributed by atoms with E-state index in [0.717, 1.165) is 23.2 Å². The summed E-state index contributed by atoms with van der Waals surface area (Å²) < 4.78 is 28.5. The molecule has 0 aliphatic carbocycles. The zero-order chi connectivity index (χ0) is 22.2. The fraction of sp³-hybridized carbons (Fsp3) is 0.174. The molecule has 0 unspecified atom stereocenters. The Balaban J connectivity index is 1.63. The largest absolute Gasteiger partial charge is 0.308 e. The molecule has 0 saturated heterocycles. The second-order valence-corrected chi connectivity index (χ2v) is 9.98. The molecule has 31 heavy (non-hydrogen) atoms. The van der Waals surface area contributed by atoms with Crippen LogP contribution in [0.2, 0.25) is 10.0 Å². The zero-order valence-corrected chi connectivity index (χ0v) is 19.1. The number of fused-ring (bicyclic) bond motifs is 1. The van der Waals surface area contributed by atoms with Gasteiger partial charge in [-0.2, -0.15) is 0 Å². The van der Waals surface area contributed by atoms with Crippen LogP contribution in [0, 0.1) is 6.92 Å². The Morgan fingerprint density at radius 2 is 1.68 bits per heavy atom. The molecule has 3 aromatic carbocycles. The average molecular weight is 475 g/mol. The van der Waals surface area contributed by atoms with Crippen molar-refractivity contribution in [2.24, 2.45) is 0 Å². The van der Waals surface area contributed by atoms with E-state index in [9.17, 15) is 13.2 Å². The van der Waals surface area contributed by atoms with E-state index in [0.29, 0.717) is 34.3 Å². The first-order valence-corrected chi connectivity index (χ1v) is 12.0. The summed E-state index contributed by atoms with van der Waals surface area (Å²) in [4.78, 5) is 14.8. The summed E-state index contributed by atoms with van der Waals surface area (Å²) in [6.07, 6.45) is 1.45. The predicted molar refractivity (Wildman–Crippen MR) is 125 cm³/mol. The van der Waals surface area contributed by atoms with Crippen LogP contribution in [0.15, 0.2) is 65.6 Å². The van der Waals surface area contributed by atoms with Crippen LogP contribution < -0.4 is 9.62 Å². The van der Waals surface area contributed by atoms with Gasteiger partial charge in [0.15, 0.2) is 0 Å². The third-order valence-electron chi connectivity index (χ3n) is 5.25. The van der Waals surface area contributed by atoms with E-state index >= 15 is 0 Å². The predicted octanol–water partition coefficient (Wildman–Crippen LogP) is 5.70. The van der Waals surface area contributed by atoms with E-state index in [2.05, 4.69) is 4.72 Å². The molecule has 0 bridgehead atoms. The fourth-order valence-electron chi connectivity index (χ4n) is 3.65.